The van der Waals surface area contributed by atoms with Crippen LogP contribution in [-0.2, 0) is 13.1 Å². The van der Waals surface area contributed by atoms with Crippen molar-refractivity contribution in [3.8, 4) is 0 Å². The zero-order valence-corrected chi connectivity index (χ0v) is 11.1. The first-order chi connectivity index (χ1) is 8.75. The van der Waals surface area contributed by atoms with Gasteiger partial charge in [0, 0.05) is 19.3 Å². The quantitative estimate of drug-likeness (QED) is 0.865. The van der Waals surface area contributed by atoms with Gasteiger partial charge in [0.05, 0.1) is 5.69 Å². The van der Waals surface area contributed by atoms with Crippen LogP contribution in [0.15, 0.2) is 48.7 Å². The predicted octanol–water partition coefficient (Wildman–Crippen LogP) is 3.49. The van der Waals surface area contributed by atoms with Gasteiger partial charge in [0.1, 0.15) is 0 Å². The molecule has 0 aliphatic heterocycles. The number of hydrogen-bond acceptors (Lipinski definition) is 2. The lowest BCUT2D eigenvalue weighted by Crippen LogP contribution is -2.13. The van der Waals surface area contributed by atoms with Gasteiger partial charge < -0.3 is 5.32 Å². The second-order valence-electron chi connectivity index (χ2n) is 4.82. The molecule has 0 aliphatic rings. The fraction of sp³-hybridized carbons (Fsp3) is 0.312. The molecular weight excluding hydrogens is 220 g/mol. The molecule has 0 spiro atoms. The van der Waals surface area contributed by atoms with Gasteiger partial charge in [-0.2, -0.15) is 0 Å². The van der Waals surface area contributed by atoms with Crippen molar-refractivity contribution in [2.24, 2.45) is 0 Å². The topological polar surface area (TPSA) is 24.9 Å². The molecule has 94 valence electrons. The Morgan fingerprint density at radius 2 is 1.78 bits per heavy atom. The average molecular weight is 240 g/mol. The zero-order chi connectivity index (χ0) is 12.8. The highest BCUT2D eigenvalue weighted by atomic mass is 14.9. The van der Waals surface area contributed by atoms with E-state index >= 15 is 0 Å². The van der Waals surface area contributed by atoms with Crippen molar-refractivity contribution in [2.75, 3.05) is 0 Å². The summed E-state index contributed by atoms with van der Waals surface area (Å²) in [5.74, 6) is 0.598. The number of rotatable bonds is 5. The largest absolute Gasteiger partial charge is 0.307 e. The maximum atomic E-state index is 4.28. The Bertz CT molecular complexity index is 460. The Balaban J connectivity index is 1.83. The Morgan fingerprint density at radius 3 is 2.39 bits per heavy atom. The van der Waals surface area contributed by atoms with Crippen molar-refractivity contribution >= 4 is 0 Å². The molecule has 0 unspecified atom stereocenters. The first-order valence-electron chi connectivity index (χ1n) is 6.45. The lowest BCUT2D eigenvalue weighted by Gasteiger charge is -2.08. The monoisotopic (exact) mass is 240 g/mol. The van der Waals surface area contributed by atoms with E-state index < -0.39 is 0 Å². The predicted molar refractivity (Wildman–Crippen MR) is 75.3 cm³/mol. The minimum absolute atomic E-state index is 0.598. The van der Waals surface area contributed by atoms with Gasteiger partial charge in [0.2, 0.25) is 0 Å². The first-order valence-corrected chi connectivity index (χ1v) is 6.45. The third-order valence-electron chi connectivity index (χ3n) is 3.01. The van der Waals surface area contributed by atoms with Crippen molar-refractivity contribution in [2.45, 2.75) is 32.9 Å². The first kappa shape index (κ1) is 12.8. The van der Waals surface area contributed by atoms with Gasteiger partial charge in [-0.15, -0.1) is 0 Å². The molecule has 2 aromatic rings. The van der Waals surface area contributed by atoms with E-state index in [0.29, 0.717) is 5.92 Å². The smallest absolute Gasteiger partial charge is 0.0541 e. The minimum Gasteiger partial charge on any atom is -0.307 e. The molecular formula is C16H20N2. The minimum atomic E-state index is 0.598. The van der Waals surface area contributed by atoms with Crippen LogP contribution in [0.1, 0.15) is 36.6 Å². The number of nitrogens with one attached hydrogen (secondary N) is 1. The van der Waals surface area contributed by atoms with Crippen LogP contribution in [0.5, 0.6) is 0 Å². The SMILES string of the molecule is CC(C)c1ccc(CNCc2ccccn2)cc1. The number of hydrogen-bond donors (Lipinski definition) is 1. The lowest BCUT2D eigenvalue weighted by atomic mass is 10.0. The van der Waals surface area contributed by atoms with E-state index in [9.17, 15) is 0 Å². The molecule has 1 heterocycles. The highest BCUT2D eigenvalue weighted by Crippen LogP contribution is 2.14. The zero-order valence-electron chi connectivity index (χ0n) is 11.1. The molecule has 1 N–H and O–H groups in total. The van der Waals surface area contributed by atoms with Gasteiger partial charge >= 0.3 is 0 Å². The van der Waals surface area contributed by atoms with Crippen LogP contribution in [0, 0.1) is 0 Å². The number of nitrogens with zero attached hydrogens (tertiary/aromatic N) is 1. The van der Waals surface area contributed by atoms with Gasteiger partial charge in [-0.25, -0.2) is 0 Å². The number of aromatic nitrogens is 1. The summed E-state index contributed by atoms with van der Waals surface area (Å²) in [7, 11) is 0. The third-order valence-corrected chi connectivity index (χ3v) is 3.01. The maximum Gasteiger partial charge on any atom is 0.0541 e. The van der Waals surface area contributed by atoms with E-state index in [0.717, 1.165) is 18.8 Å². The molecule has 2 heteroatoms. The molecule has 18 heavy (non-hydrogen) atoms. The summed E-state index contributed by atoms with van der Waals surface area (Å²) >= 11 is 0. The molecule has 2 nitrogen and oxygen atoms in total. The van der Waals surface area contributed by atoms with Crippen LogP contribution < -0.4 is 5.32 Å². The molecule has 1 aromatic heterocycles. The number of pyridine rings is 1. The molecule has 0 aliphatic carbocycles. The van der Waals surface area contributed by atoms with E-state index in [2.05, 4.69) is 48.4 Å². The van der Waals surface area contributed by atoms with Gasteiger partial charge in [-0.3, -0.25) is 4.98 Å². The molecule has 2 rings (SSSR count). The fourth-order valence-electron chi connectivity index (χ4n) is 1.86. The highest BCUT2D eigenvalue weighted by molar-refractivity contribution is 5.24. The van der Waals surface area contributed by atoms with E-state index in [1.165, 1.54) is 11.1 Å². The van der Waals surface area contributed by atoms with Crippen molar-refractivity contribution in [3.05, 3.63) is 65.5 Å². The molecule has 0 bridgehead atoms. The van der Waals surface area contributed by atoms with E-state index in [1.54, 1.807) is 0 Å². The summed E-state index contributed by atoms with van der Waals surface area (Å²) < 4.78 is 0. The molecule has 0 saturated carbocycles. The van der Waals surface area contributed by atoms with Gasteiger partial charge in [-0.1, -0.05) is 44.2 Å². The Kier molecular flexibility index (Phi) is 4.48. The molecule has 0 atom stereocenters. The lowest BCUT2D eigenvalue weighted by molar-refractivity contribution is 0.679. The van der Waals surface area contributed by atoms with E-state index in [-0.39, 0.29) is 0 Å². The summed E-state index contributed by atoms with van der Waals surface area (Å²) in [6.07, 6.45) is 1.83. The summed E-state index contributed by atoms with van der Waals surface area (Å²) in [6, 6.07) is 14.8. The van der Waals surface area contributed by atoms with Crippen LogP contribution in [-0.4, -0.2) is 4.98 Å². The molecule has 0 fully saturated rings. The molecule has 0 saturated heterocycles. The Hall–Kier alpha value is -1.67. The van der Waals surface area contributed by atoms with Crippen LogP contribution in [0.25, 0.3) is 0 Å². The van der Waals surface area contributed by atoms with E-state index in [1.807, 2.05) is 24.4 Å². The standard InChI is InChI=1S/C16H20N2/c1-13(2)15-8-6-14(7-9-15)11-17-12-16-5-3-4-10-18-16/h3-10,13,17H,11-12H2,1-2H3. The van der Waals surface area contributed by atoms with Gasteiger partial charge in [0.25, 0.3) is 0 Å². The van der Waals surface area contributed by atoms with Crippen molar-refractivity contribution in [1.82, 2.24) is 10.3 Å². The van der Waals surface area contributed by atoms with Gasteiger partial charge in [-0.05, 0) is 29.2 Å². The molecule has 1 aromatic carbocycles. The summed E-state index contributed by atoms with van der Waals surface area (Å²) in [5, 5.41) is 3.40. The average Bonchev–Trinajstić information content (AvgIpc) is 2.40. The maximum absolute atomic E-state index is 4.28. The van der Waals surface area contributed by atoms with Crippen molar-refractivity contribution < 1.29 is 0 Å². The number of benzene rings is 1. The molecule has 0 amide bonds. The second-order valence-corrected chi connectivity index (χ2v) is 4.82. The van der Waals surface area contributed by atoms with Crippen LogP contribution in [0.4, 0.5) is 0 Å². The normalized spacial score (nSPS) is 10.8. The van der Waals surface area contributed by atoms with Crippen LogP contribution >= 0.6 is 0 Å². The van der Waals surface area contributed by atoms with Crippen molar-refractivity contribution in [1.29, 1.82) is 0 Å². The molecule has 0 radical (unpaired) electrons. The third kappa shape index (κ3) is 3.67. The van der Waals surface area contributed by atoms with Gasteiger partial charge in [0.15, 0.2) is 0 Å². The van der Waals surface area contributed by atoms with Crippen molar-refractivity contribution in [3.63, 3.8) is 0 Å². The Labute approximate surface area is 109 Å². The second kappa shape index (κ2) is 6.31. The van der Waals surface area contributed by atoms with Crippen LogP contribution in [0.3, 0.4) is 0 Å². The summed E-state index contributed by atoms with van der Waals surface area (Å²) in [5.41, 5.74) is 3.79. The van der Waals surface area contributed by atoms with Crippen LogP contribution in [0.2, 0.25) is 0 Å². The van der Waals surface area contributed by atoms with E-state index in [4.69, 9.17) is 0 Å². The Morgan fingerprint density at radius 1 is 1.00 bits per heavy atom. The summed E-state index contributed by atoms with van der Waals surface area (Å²) in [4.78, 5) is 4.28. The summed E-state index contributed by atoms with van der Waals surface area (Å²) in [6.45, 7) is 6.13. The highest BCUT2D eigenvalue weighted by Gasteiger charge is 1.99. The fourth-order valence-corrected chi connectivity index (χ4v) is 1.86.